The third-order valence-electron chi connectivity index (χ3n) is 17.0. The highest BCUT2D eigenvalue weighted by molar-refractivity contribution is 6.07. The van der Waals surface area contributed by atoms with Crippen molar-refractivity contribution in [2.24, 2.45) is 41.4 Å². The van der Waals surface area contributed by atoms with Crippen LogP contribution in [-0.2, 0) is 62.3 Å². The summed E-state index contributed by atoms with van der Waals surface area (Å²) in [5.74, 6) is -12.3. The molecule has 1 aliphatic rings. The second kappa shape index (κ2) is 37.0. The zero-order valence-electron chi connectivity index (χ0n) is 59.0. The Hall–Kier alpha value is -6.66. The van der Waals surface area contributed by atoms with Gasteiger partial charge in [0.2, 0.25) is 65.1 Å². The number of allylic oxidation sites excluding steroid dienone is 2. The summed E-state index contributed by atoms with van der Waals surface area (Å²) in [6.45, 7) is 29.5. The van der Waals surface area contributed by atoms with Crippen molar-refractivity contribution in [3.8, 4) is 0 Å². The van der Waals surface area contributed by atoms with Crippen LogP contribution in [-0.4, -0.2) is 239 Å². The van der Waals surface area contributed by atoms with Gasteiger partial charge in [0.15, 0.2) is 0 Å². The zero-order chi connectivity index (χ0) is 69.8. The summed E-state index contributed by atoms with van der Waals surface area (Å²) in [6, 6.07) is -15.3. The van der Waals surface area contributed by atoms with Gasteiger partial charge in [-0.15, -0.1) is 0 Å². The first-order valence-corrected chi connectivity index (χ1v) is 32.0. The molecule has 0 spiro atoms. The lowest BCUT2D eigenvalue weighted by Crippen LogP contribution is -2.64. The number of aliphatic hydroxyl groups is 1. The van der Waals surface area contributed by atoms with Crippen LogP contribution in [0.2, 0.25) is 0 Å². The SMILES string of the molecule is C/C=C/C[C@@H](C)[C@@H](O)[C@H]1C(=O)N[C@@H](CC)C(=O)N(C)C(C(=O)OC)C(=O)N(C)[C@@H](CC(C)C)C(=O)N[C@H](C(C)C)C(=O)N(C)[C@H](CCC(C)C)C(=O)N[C@H](C)C(=O)N[C@@H](C)C(=O)N(C)[C@H](CC(C)C)C(=O)N(C)[C@@H](CC(C)C)C(=O)N(C)[C@@H](C(C)C)C(=O)N1C. The Bertz CT molecular complexity index is 2500. The number of hydrogen-bond donors (Lipinski definition) is 5. The van der Waals surface area contributed by atoms with Crippen molar-refractivity contribution in [3.63, 3.8) is 0 Å². The topological polar surface area (TPSA) is 305 Å². The van der Waals surface area contributed by atoms with E-state index in [9.17, 15) is 48.3 Å². The van der Waals surface area contributed by atoms with Crippen LogP contribution in [0.5, 0.6) is 0 Å². The molecule has 1 unspecified atom stereocenters. The predicted molar refractivity (Wildman–Crippen MR) is 344 cm³/mol. The monoisotopic (exact) mass is 1270 g/mol. The normalized spacial score (nSPS) is 26.8. The van der Waals surface area contributed by atoms with E-state index in [2.05, 4.69) is 21.3 Å². The number of ether oxygens (including phenoxy) is 1. The highest BCUT2D eigenvalue weighted by Gasteiger charge is 2.47. The summed E-state index contributed by atoms with van der Waals surface area (Å²) in [7, 11) is 10.4. The van der Waals surface area contributed by atoms with Crippen LogP contribution in [0.3, 0.4) is 0 Å². The first kappa shape index (κ1) is 81.4. The van der Waals surface area contributed by atoms with Gasteiger partial charge >= 0.3 is 5.97 Å². The number of amides is 11. The fraction of sp³-hybridized carbons (Fsp3) is 0.785. The molecule has 13 atom stereocenters. The van der Waals surface area contributed by atoms with Crippen LogP contribution in [0.1, 0.15) is 163 Å². The number of carbonyl (C=O) groups is 12. The molecule has 1 fully saturated rings. The minimum absolute atomic E-state index is 0.00173. The number of methoxy groups -OCH3 is 1. The fourth-order valence-electron chi connectivity index (χ4n) is 11.2. The van der Waals surface area contributed by atoms with Crippen LogP contribution in [0.4, 0.5) is 0 Å². The van der Waals surface area contributed by atoms with E-state index in [0.29, 0.717) is 6.42 Å². The Morgan fingerprint density at radius 3 is 1.39 bits per heavy atom. The number of nitrogens with zero attached hydrogens (tertiary/aromatic N) is 7. The van der Waals surface area contributed by atoms with Crippen molar-refractivity contribution >= 4 is 70.9 Å². The van der Waals surface area contributed by atoms with E-state index in [1.165, 1.54) is 75.7 Å². The van der Waals surface area contributed by atoms with Crippen LogP contribution in [0, 0.1) is 41.4 Å². The summed E-state index contributed by atoms with van der Waals surface area (Å²) in [5, 5.41) is 23.0. The first-order valence-electron chi connectivity index (χ1n) is 32.0. The predicted octanol–water partition coefficient (Wildman–Crippen LogP) is 3.20. The standard InChI is InChI=1S/C65H115N11O14/c1-26-28-29-41(15)53(77)51-57(81)68-44(27-2)59(83)76(24)52(65(89)90-25)64(88)71(19)46(32-36(5)6)56(80)69-49(39(11)12)62(86)70(18)45(31-30-35(3)4)55(79)66-42(16)54(78)67-43(17)58(82)72(20)47(33-37(7)8)60(84)73(21)48(34-38(9)10)61(85)74(22)50(40(13)14)63(87)75(51)23/h26,28,35-53,77H,27,29-34H2,1-25H3,(H,66,79)(H,67,78)(H,68,81)(H,69,80)/b28-26+/t41-,42-,43+,44+,45-,46+,47-,48+,49-,50+,51+,52?,53-/m1/s1. The van der Waals surface area contributed by atoms with Gasteiger partial charge in [0, 0.05) is 49.3 Å². The largest absolute Gasteiger partial charge is 0.467 e. The summed E-state index contributed by atoms with van der Waals surface area (Å²) in [4.78, 5) is 184. The number of esters is 1. The highest BCUT2D eigenvalue weighted by Crippen LogP contribution is 2.26. The third-order valence-corrected chi connectivity index (χ3v) is 17.0. The Morgan fingerprint density at radius 2 is 0.933 bits per heavy atom. The third kappa shape index (κ3) is 22.0. The molecule has 0 aliphatic carbocycles. The molecule has 1 rings (SSSR count). The lowest BCUT2D eigenvalue weighted by Gasteiger charge is -2.41. The maximum absolute atomic E-state index is 15.2. The van der Waals surface area contributed by atoms with Crippen LogP contribution < -0.4 is 21.3 Å². The summed E-state index contributed by atoms with van der Waals surface area (Å²) in [6.07, 6.45) is 2.91. The van der Waals surface area contributed by atoms with Gasteiger partial charge in [-0.05, 0) is 107 Å². The molecule has 90 heavy (non-hydrogen) atoms. The molecule has 0 radical (unpaired) electrons. The Morgan fingerprint density at radius 1 is 0.489 bits per heavy atom. The average molecular weight is 1270 g/mol. The molecular formula is C65H115N11O14. The lowest BCUT2D eigenvalue weighted by atomic mass is 9.91. The molecular weight excluding hydrogens is 1160 g/mol. The van der Waals surface area contributed by atoms with Crippen molar-refractivity contribution in [3.05, 3.63) is 12.2 Å². The second-order valence-corrected chi connectivity index (χ2v) is 27.1. The molecule has 5 N–H and O–H groups in total. The van der Waals surface area contributed by atoms with Gasteiger partial charge in [-0.3, -0.25) is 52.7 Å². The minimum Gasteiger partial charge on any atom is -0.467 e. The van der Waals surface area contributed by atoms with Crippen molar-refractivity contribution < 1.29 is 67.4 Å². The van der Waals surface area contributed by atoms with Gasteiger partial charge < -0.3 is 65.4 Å². The number of hydrogen-bond acceptors (Lipinski definition) is 14. The van der Waals surface area contributed by atoms with Crippen LogP contribution in [0.25, 0.3) is 0 Å². The molecule has 0 bridgehead atoms. The fourth-order valence-corrected chi connectivity index (χ4v) is 11.2. The van der Waals surface area contributed by atoms with Crippen molar-refractivity contribution in [2.75, 3.05) is 56.4 Å². The second-order valence-electron chi connectivity index (χ2n) is 27.1. The molecule has 514 valence electrons. The van der Waals surface area contributed by atoms with Gasteiger partial charge in [-0.1, -0.05) is 109 Å². The molecule has 25 nitrogen and oxygen atoms in total. The molecule has 11 amide bonds. The molecule has 1 aliphatic heterocycles. The summed E-state index contributed by atoms with van der Waals surface area (Å²) in [5.41, 5.74) is 0. The van der Waals surface area contributed by atoms with Crippen molar-refractivity contribution in [1.29, 1.82) is 0 Å². The molecule has 0 aromatic carbocycles. The van der Waals surface area contributed by atoms with Gasteiger partial charge in [0.05, 0.1) is 13.2 Å². The highest BCUT2D eigenvalue weighted by atomic mass is 16.5. The maximum atomic E-state index is 15.2. The first-order chi connectivity index (χ1) is 41.6. The van der Waals surface area contributed by atoms with Gasteiger partial charge in [-0.2, -0.15) is 0 Å². The maximum Gasteiger partial charge on any atom is 0.338 e. The van der Waals surface area contributed by atoms with Crippen molar-refractivity contribution in [1.82, 2.24) is 55.6 Å². The van der Waals surface area contributed by atoms with E-state index in [-0.39, 0.29) is 62.2 Å². The Balaban J connectivity index is 4.51. The lowest BCUT2D eigenvalue weighted by molar-refractivity contribution is -0.162. The van der Waals surface area contributed by atoms with E-state index in [1.807, 2.05) is 41.5 Å². The molecule has 1 saturated heterocycles. The van der Waals surface area contributed by atoms with Gasteiger partial charge in [-0.25, -0.2) is 4.79 Å². The van der Waals surface area contributed by atoms with E-state index >= 15 is 14.4 Å². The van der Waals surface area contributed by atoms with Crippen molar-refractivity contribution in [2.45, 2.75) is 235 Å². The molecule has 0 aromatic rings. The molecule has 0 aromatic heterocycles. The van der Waals surface area contributed by atoms with E-state index in [1.54, 1.807) is 74.5 Å². The Kier molecular flexibility index (Phi) is 33.4. The average Bonchev–Trinajstić information content (AvgIpc) is 0.844. The molecule has 0 saturated carbocycles. The van der Waals surface area contributed by atoms with E-state index < -0.39 is 161 Å². The molecule has 1 heterocycles. The number of aliphatic hydroxyl groups excluding tert-OH is 1. The number of carbonyl (C=O) groups excluding carboxylic acids is 12. The molecule has 25 heteroatoms. The van der Waals surface area contributed by atoms with Crippen LogP contribution >= 0.6 is 0 Å². The van der Waals surface area contributed by atoms with Gasteiger partial charge in [0.1, 0.15) is 60.4 Å². The Labute approximate surface area is 537 Å². The van der Waals surface area contributed by atoms with Gasteiger partial charge in [0.25, 0.3) is 5.91 Å². The number of likely N-dealkylation sites (N-methyl/N-ethyl adjacent to an activating group) is 7. The number of nitrogens with one attached hydrogen (secondary N) is 4. The van der Waals surface area contributed by atoms with E-state index in [4.69, 9.17) is 4.74 Å². The zero-order valence-corrected chi connectivity index (χ0v) is 59.0. The van der Waals surface area contributed by atoms with E-state index in [0.717, 1.165) is 28.9 Å². The summed E-state index contributed by atoms with van der Waals surface area (Å²) >= 11 is 0. The number of rotatable bonds is 17. The smallest absolute Gasteiger partial charge is 0.338 e. The minimum atomic E-state index is -2.04. The quantitative estimate of drug-likeness (QED) is 0.0794. The van der Waals surface area contributed by atoms with Crippen LogP contribution in [0.15, 0.2) is 12.2 Å². The summed E-state index contributed by atoms with van der Waals surface area (Å²) < 4.78 is 5.09.